The first-order valence-electron chi connectivity index (χ1n) is 16.5. The van der Waals surface area contributed by atoms with Crippen molar-refractivity contribution in [3.8, 4) is 33.4 Å². The Morgan fingerprint density at radius 1 is 0.733 bits per heavy atom. The molecule has 0 spiro atoms. The normalized spacial score (nSPS) is 18.5. The van der Waals surface area contributed by atoms with Gasteiger partial charge < -0.3 is 5.73 Å². The molecule has 7 rings (SSSR count). The van der Waals surface area contributed by atoms with E-state index in [1.165, 1.54) is 73.7 Å². The van der Waals surface area contributed by atoms with Crippen LogP contribution in [0.3, 0.4) is 0 Å². The molecule has 5 aromatic rings. The van der Waals surface area contributed by atoms with E-state index in [4.69, 9.17) is 5.73 Å². The predicted molar refractivity (Wildman–Crippen MR) is 197 cm³/mol. The van der Waals surface area contributed by atoms with E-state index in [0.717, 1.165) is 5.70 Å². The third-order valence-electron chi connectivity index (χ3n) is 9.66. The summed E-state index contributed by atoms with van der Waals surface area (Å²) in [5, 5.41) is 0. The molecular formula is C43H44BN. The predicted octanol–water partition coefficient (Wildman–Crippen LogP) is 9.81. The molecule has 2 N–H and O–H groups in total. The van der Waals surface area contributed by atoms with Gasteiger partial charge in [-0.2, -0.15) is 0 Å². The van der Waals surface area contributed by atoms with Crippen LogP contribution >= 0.6 is 0 Å². The number of nitrogens with two attached hydrogens (primary N) is 1. The number of fused-ring (bicyclic) bond motifs is 1. The molecule has 45 heavy (non-hydrogen) atoms. The lowest BCUT2D eigenvalue weighted by Crippen LogP contribution is -2.44. The quantitative estimate of drug-likeness (QED) is 0.197. The van der Waals surface area contributed by atoms with Crippen LogP contribution in [0.25, 0.3) is 39.1 Å². The monoisotopic (exact) mass is 585 g/mol. The maximum Gasteiger partial charge on any atom is 0.246 e. The van der Waals surface area contributed by atoms with Crippen LogP contribution in [0.4, 0.5) is 0 Å². The molecule has 1 aliphatic carbocycles. The van der Waals surface area contributed by atoms with Gasteiger partial charge in [-0.1, -0.05) is 172 Å². The fraction of sp³-hybridized carbons (Fsp3) is 0.209. The molecule has 0 bridgehead atoms. The summed E-state index contributed by atoms with van der Waals surface area (Å²) >= 11 is 0. The fourth-order valence-corrected chi connectivity index (χ4v) is 7.15. The molecule has 1 saturated carbocycles. The number of allylic oxidation sites excluding steroid dienone is 3. The van der Waals surface area contributed by atoms with E-state index in [2.05, 4.69) is 168 Å². The Labute approximate surface area is 270 Å². The minimum absolute atomic E-state index is 0.00267. The van der Waals surface area contributed by atoms with E-state index in [0.29, 0.717) is 5.92 Å². The Bertz CT molecular complexity index is 1800. The zero-order chi connectivity index (χ0) is 31.6. The maximum absolute atomic E-state index is 7.27. The third kappa shape index (κ3) is 5.59. The molecule has 0 aromatic heterocycles. The second kappa shape index (κ2) is 12.8. The minimum Gasteiger partial charge on any atom is -0.399 e. The van der Waals surface area contributed by atoms with Crippen molar-refractivity contribution in [2.24, 2.45) is 11.7 Å². The largest absolute Gasteiger partial charge is 0.399 e. The lowest BCUT2D eigenvalue weighted by atomic mass is 9.36. The highest BCUT2D eigenvalue weighted by Crippen LogP contribution is 2.56. The third-order valence-corrected chi connectivity index (χ3v) is 9.66. The van der Waals surface area contributed by atoms with Gasteiger partial charge in [0.15, 0.2) is 0 Å². The van der Waals surface area contributed by atoms with Crippen molar-refractivity contribution in [3.05, 3.63) is 150 Å². The lowest BCUT2D eigenvalue weighted by Gasteiger charge is -2.24. The molecule has 2 aliphatic rings. The summed E-state index contributed by atoms with van der Waals surface area (Å²) < 4.78 is 0. The highest BCUT2D eigenvalue weighted by atomic mass is 14.6. The van der Waals surface area contributed by atoms with Gasteiger partial charge in [0.25, 0.3) is 0 Å². The van der Waals surface area contributed by atoms with Gasteiger partial charge in [-0.25, -0.2) is 0 Å². The van der Waals surface area contributed by atoms with Crippen molar-refractivity contribution >= 4 is 23.3 Å². The molecular weight excluding hydrogens is 541 g/mol. The van der Waals surface area contributed by atoms with Crippen molar-refractivity contribution in [3.63, 3.8) is 0 Å². The molecule has 2 heteroatoms. The van der Waals surface area contributed by atoms with Gasteiger partial charge in [0.2, 0.25) is 6.71 Å². The second-order valence-electron chi connectivity index (χ2n) is 12.9. The van der Waals surface area contributed by atoms with Crippen LogP contribution in [0, 0.1) is 5.92 Å². The van der Waals surface area contributed by atoms with E-state index in [1.807, 2.05) is 0 Å². The van der Waals surface area contributed by atoms with Crippen molar-refractivity contribution in [1.82, 2.24) is 0 Å². The summed E-state index contributed by atoms with van der Waals surface area (Å²) in [6.45, 7) is 11.1. The zero-order valence-electron chi connectivity index (χ0n) is 27.3. The molecule has 0 saturated heterocycles. The van der Waals surface area contributed by atoms with Crippen molar-refractivity contribution in [1.29, 1.82) is 0 Å². The van der Waals surface area contributed by atoms with Gasteiger partial charge in [-0.3, -0.25) is 0 Å². The zero-order valence-corrected chi connectivity index (χ0v) is 27.3. The summed E-state index contributed by atoms with van der Waals surface area (Å²) in [4.78, 5) is 0. The van der Waals surface area contributed by atoms with Gasteiger partial charge in [0.05, 0.1) is 0 Å². The summed E-state index contributed by atoms with van der Waals surface area (Å²) in [7, 11) is 0. The Hall–Kier alpha value is -4.56. The van der Waals surface area contributed by atoms with Crippen LogP contribution in [-0.4, -0.2) is 6.71 Å². The van der Waals surface area contributed by atoms with E-state index in [1.54, 1.807) is 0 Å². The molecule has 224 valence electrons. The first kappa shape index (κ1) is 30.5. The van der Waals surface area contributed by atoms with Crippen LogP contribution in [0.15, 0.2) is 139 Å². The Morgan fingerprint density at radius 2 is 1.22 bits per heavy atom. The highest BCUT2D eigenvalue weighted by Gasteiger charge is 2.51. The molecule has 1 fully saturated rings. The second-order valence-corrected chi connectivity index (χ2v) is 12.9. The molecule has 2 atom stereocenters. The average Bonchev–Trinajstić information content (AvgIpc) is 3.61. The summed E-state index contributed by atoms with van der Waals surface area (Å²) in [5.41, 5.74) is 22.2. The van der Waals surface area contributed by atoms with Gasteiger partial charge in [0.1, 0.15) is 0 Å². The van der Waals surface area contributed by atoms with E-state index in [-0.39, 0.29) is 12.1 Å². The summed E-state index contributed by atoms with van der Waals surface area (Å²) in [5.74, 6) is 0.626. The number of hydrogen-bond donors (Lipinski definition) is 1. The van der Waals surface area contributed by atoms with E-state index >= 15 is 0 Å². The lowest BCUT2D eigenvalue weighted by molar-refractivity contribution is 0.701. The van der Waals surface area contributed by atoms with Gasteiger partial charge in [-0.05, 0) is 80.7 Å². The van der Waals surface area contributed by atoms with Crippen LogP contribution in [0.2, 0.25) is 0 Å². The topological polar surface area (TPSA) is 26.0 Å². The molecule has 0 amide bonds. The van der Waals surface area contributed by atoms with Crippen LogP contribution in [0.1, 0.15) is 58.6 Å². The Morgan fingerprint density at radius 3 is 1.69 bits per heavy atom. The van der Waals surface area contributed by atoms with Crippen LogP contribution < -0.4 is 16.7 Å². The molecule has 1 unspecified atom stereocenters. The number of hydrogen-bond acceptors (Lipinski definition) is 1. The average molecular weight is 586 g/mol. The molecule has 5 aromatic carbocycles. The summed E-state index contributed by atoms with van der Waals surface area (Å²) in [6.07, 6.45) is 6.83. The van der Waals surface area contributed by atoms with Crippen molar-refractivity contribution in [2.75, 3.05) is 0 Å². The highest BCUT2D eigenvalue weighted by molar-refractivity contribution is 6.96. The van der Waals surface area contributed by atoms with Crippen molar-refractivity contribution < 1.29 is 0 Å². The van der Waals surface area contributed by atoms with Gasteiger partial charge in [-0.15, -0.1) is 0 Å². The SMILES string of the molecule is C/C=C\C1=C(N)c2c(cc(-c3ccccc3)cc2C2(C)C[C@@H]2C)B1c1c(-c2ccccc2)cccc1-c1ccccc1.CCC. The van der Waals surface area contributed by atoms with Crippen LogP contribution in [0.5, 0.6) is 0 Å². The smallest absolute Gasteiger partial charge is 0.246 e. The number of benzene rings is 5. The summed E-state index contributed by atoms with van der Waals surface area (Å²) in [6, 6.07) is 44.1. The van der Waals surface area contributed by atoms with Gasteiger partial charge >= 0.3 is 0 Å². The number of rotatable bonds is 6. The molecule has 0 radical (unpaired) electrons. The van der Waals surface area contributed by atoms with Crippen molar-refractivity contribution in [2.45, 2.75) is 52.9 Å². The maximum atomic E-state index is 7.27. The first-order valence-corrected chi connectivity index (χ1v) is 16.5. The standard InChI is InChI=1S/C40H36BN.C3H8/c1-4-15-35-39(42)37-34(40(3)26-27(40)2)24-31(28-16-8-5-9-17-28)25-36(37)41(35)38-32(29-18-10-6-11-19-29)22-14-23-33(38)30-20-12-7-13-21-30;1-3-2/h4-25,27H,26,42H2,1-3H3;3H2,1-2H3/b15-4-;/t27-,40?;/m0./s1. The van der Waals surface area contributed by atoms with E-state index in [9.17, 15) is 0 Å². The first-order chi connectivity index (χ1) is 21.9. The molecule has 1 nitrogen and oxygen atoms in total. The Balaban J connectivity index is 0.00000115. The molecule has 1 heterocycles. The van der Waals surface area contributed by atoms with E-state index < -0.39 is 0 Å². The van der Waals surface area contributed by atoms with Crippen LogP contribution in [-0.2, 0) is 5.41 Å². The minimum atomic E-state index is 0.00267. The molecule has 1 aliphatic heterocycles. The van der Waals surface area contributed by atoms with Gasteiger partial charge in [0, 0.05) is 5.70 Å². The fourth-order valence-electron chi connectivity index (χ4n) is 7.15. The Kier molecular flexibility index (Phi) is 8.68.